The Morgan fingerprint density at radius 1 is 1.44 bits per heavy atom. The van der Waals surface area contributed by atoms with Gasteiger partial charge in [-0.05, 0) is 17.5 Å². The quantitative estimate of drug-likeness (QED) is 0.587. The molecule has 16 heavy (non-hydrogen) atoms. The summed E-state index contributed by atoms with van der Waals surface area (Å²) < 4.78 is 0. The first-order valence-electron chi connectivity index (χ1n) is 5.28. The fraction of sp³-hybridized carbons (Fsp3) is 0.417. The van der Waals surface area contributed by atoms with E-state index < -0.39 is 0 Å². The molecule has 1 rings (SSSR count). The van der Waals surface area contributed by atoms with Gasteiger partial charge in [-0.3, -0.25) is 9.63 Å². The van der Waals surface area contributed by atoms with E-state index in [0.29, 0.717) is 5.56 Å². The monoisotopic (exact) mass is 223 g/mol. The summed E-state index contributed by atoms with van der Waals surface area (Å²) in [5.41, 5.74) is 3.88. The van der Waals surface area contributed by atoms with Crippen molar-refractivity contribution in [1.82, 2.24) is 5.48 Å². The van der Waals surface area contributed by atoms with Crippen LogP contribution in [0.1, 0.15) is 35.7 Å². The average molecular weight is 223 g/mol. The van der Waals surface area contributed by atoms with Gasteiger partial charge in [0.05, 0.1) is 13.2 Å². The first-order valence-corrected chi connectivity index (χ1v) is 5.28. The molecule has 1 aromatic rings. The molecule has 0 aliphatic rings. The summed E-state index contributed by atoms with van der Waals surface area (Å²) in [6.45, 7) is 4.03. The Kier molecular flexibility index (Phi) is 4.95. The van der Waals surface area contributed by atoms with Crippen LogP contribution in [0.5, 0.6) is 0 Å². The lowest BCUT2D eigenvalue weighted by atomic mass is 9.97. The minimum Gasteiger partial charge on any atom is -0.394 e. The SMILES string of the molecule is CC(C)c1ccccc1C(=O)NOCCO. The molecule has 0 saturated heterocycles. The van der Waals surface area contributed by atoms with E-state index in [4.69, 9.17) is 9.94 Å². The van der Waals surface area contributed by atoms with E-state index >= 15 is 0 Å². The smallest absolute Gasteiger partial charge is 0.275 e. The average Bonchev–Trinajstić information content (AvgIpc) is 2.29. The van der Waals surface area contributed by atoms with Gasteiger partial charge in [-0.2, -0.15) is 0 Å². The summed E-state index contributed by atoms with van der Waals surface area (Å²) >= 11 is 0. The van der Waals surface area contributed by atoms with E-state index in [1.807, 2.05) is 32.0 Å². The molecular formula is C12H17NO3. The van der Waals surface area contributed by atoms with Gasteiger partial charge in [-0.1, -0.05) is 32.0 Å². The number of benzene rings is 1. The highest BCUT2D eigenvalue weighted by atomic mass is 16.7. The first kappa shape index (κ1) is 12.7. The number of carbonyl (C=O) groups is 1. The molecular weight excluding hydrogens is 206 g/mol. The highest BCUT2D eigenvalue weighted by Crippen LogP contribution is 2.18. The van der Waals surface area contributed by atoms with Gasteiger partial charge in [-0.25, -0.2) is 5.48 Å². The Morgan fingerprint density at radius 2 is 2.12 bits per heavy atom. The van der Waals surface area contributed by atoms with Crippen LogP contribution in [0.25, 0.3) is 0 Å². The van der Waals surface area contributed by atoms with E-state index in [1.54, 1.807) is 6.07 Å². The van der Waals surface area contributed by atoms with Crippen molar-refractivity contribution < 1.29 is 14.7 Å². The van der Waals surface area contributed by atoms with E-state index in [-0.39, 0.29) is 25.0 Å². The van der Waals surface area contributed by atoms with Crippen LogP contribution in [0.4, 0.5) is 0 Å². The molecule has 0 saturated carbocycles. The lowest BCUT2D eigenvalue weighted by molar-refractivity contribution is 0.0167. The van der Waals surface area contributed by atoms with Gasteiger partial charge in [0.2, 0.25) is 0 Å². The van der Waals surface area contributed by atoms with Crippen molar-refractivity contribution in [3.8, 4) is 0 Å². The van der Waals surface area contributed by atoms with Crippen molar-refractivity contribution >= 4 is 5.91 Å². The molecule has 0 aromatic heterocycles. The van der Waals surface area contributed by atoms with Crippen LogP contribution in [0.3, 0.4) is 0 Å². The van der Waals surface area contributed by atoms with Crippen molar-refractivity contribution in [2.45, 2.75) is 19.8 Å². The number of aliphatic hydroxyl groups is 1. The Morgan fingerprint density at radius 3 is 2.75 bits per heavy atom. The topological polar surface area (TPSA) is 58.6 Å². The molecule has 2 N–H and O–H groups in total. The number of aliphatic hydroxyl groups excluding tert-OH is 1. The summed E-state index contributed by atoms with van der Waals surface area (Å²) in [4.78, 5) is 16.5. The molecule has 0 bridgehead atoms. The zero-order valence-corrected chi connectivity index (χ0v) is 9.56. The van der Waals surface area contributed by atoms with Crippen molar-refractivity contribution in [3.05, 3.63) is 35.4 Å². The summed E-state index contributed by atoms with van der Waals surface area (Å²) in [7, 11) is 0. The Labute approximate surface area is 95.2 Å². The van der Waals surface area contributed by atoms with Crippen LogP contribution in [0.2, 0.25) is 0 Å². The molecule has 0 spiro atoms. The second kappa shape index (κ2) is 6.25. The summed E-state index contributed by atoms with van der Waals surface area (Å²) in [6.07, 6.45) is 0. The fourth-order valence-electron chi connectivity index (χ4n) is 1.42. The zero-order chi connectivity index (χ0) is 12.0. The number of rotatable bonds is 5. The van der Waals surface area contributed by atoms with Gasteiger partial charge in [0.25, 0.3) is 5.91 Å². The lowest BCUT2D eigenvalue weighted by Gasteiger charge is -2.12. The van der Waals surface area contributed by atoms with E-state index in [1.165, 1.54) is 0 Å². The highest BCUT2D eigenvalue weighted by molar-refractivity contribution is 5.95. The van der Waals surface area contributed by atoms with Crippen LogP contribution in [-0.2, 0) is 4.84 Å². The summed E-state index contributed by atoms with van der Waals surface area (Å²) in [5.74, 6) is -0.00228. The minimum atomic E-state index is -0.280. The second-order valence-corrected chi connectivity index (χ2v) is 3.75. The van der Waals surface area contributed by atoms with Gasteiger partial charge in [0, 0.05) is 5.56 Å². The van der Waals surface area contributed by atoms with Crippen LogP contribution in [0.15, 0.2) is 24.3 Å². The van der Waals surface area contributed by atoms with Crippen molar-refractivity contribution in [2.75, 3.05) is 13.2 Å². The number of amides is 1. The maximum Gasteiger partial charge on any atom is 0.275 e. The van der Waals surface area contributed by atoms with Gasteiger partial charge in [0.1, 0.15) is 0 Å². The largest absolute Gasteiger partial charge is 0.394 e. The number of carbonyl (C=O) groups excluding carboxylic acids is 1. The maximum absolute atomic E-state index is 11.7. The van der Waals surface area contributed by atoms with Gasteiger partial charge in [0.15, 0.2) is 0 Å². The van der Waals surface area contributed by atoms with Crippen LogP contribution >= 0.6 is 0 Å². The van der Waals surface area contributed by atoms with Gasteiger partial charge < -0.3 is 5.11 Å². The molecule has 0 aliphatic carbocycles. The Balaban J connectivity index is 2.74. The molecule has 1 aromatic carbocycles. The third-order valence-corrected chi connectivity index (χ3v) is 2.19. The highest BCUT2D eigenvalue weighted by Gasteiger charge is 2.12. The molecule has 0 radical (unpaired) electrons. The summed E-state index contributed by atoms with van der Waals surface area (Å²) in [5, 5.41) is 8.52. The van der Waals surface area contributed by atoms with Crippen LogP contribution in [0, 0.1) is 0 Å². The van der Waals surface area contributed by atoms with Crippen molar-refractivity contribution in [3.63, 3.8) is 0 Å². The number of hydrogen-bond donors (Lipinski definition) is 2. The number of nitrogens with one attached hydrogen (secondary N) is 1. The fourth-order valence-corrected chi connectivity index (χ4v) is 1.42. The molecule has 4 nitrogen and oxygen atoms in total. The zero-order valence-electron chi connectivity index (χ0n) is 9.56. The molecule has 0 aliphatic heterocycles. The normalized spacial score (nSPS) is 10.5. The van der Waals surface area contributed by atoms with Crippen LogP contribution < -0.4 is 5.48 Å². The summed E-state index contributed by atoms with van der Waals surface area (Å²) in [6, 6.07) is 7.39. The first-order chi connectivity index (χ1) is 7.66. The second-order valence-electron chi connectivity index (χ2n) is 3.75. The van der Waals surface area contributed by atoms with Crippen LogP contribution in [-0.4, -0.2) is 24.2 Å². The maximum atomic E-state index is 11.7. The molecule has 0 fully saturated rings. The minimum absolute atomic E-state index is 0.0928. The van der Waals surface area contributed by atoms with Gasteiger partial charge >= 0.3 is 0 Å². The van der Waals surface area contributed by atoms with E-state index in [0.717, 1.165) is 5.56 Å². The predicted octanol–water partition coefficient (Wildman–Crippen LogP) is 1.46. The van der Waals surface area contributed by atoms with Crippen molar-refractivity contribution in [1.29, 1.82) is 0 Å². The lowest BCUT2D eigenvalue weighted by Crippen LogP contribution is -2.26. The third-order valence-electron chi connectivity index (χ3n) is 2.19. The Bertz CT molecular complexity index is 350. The number of hydroxylamine groups is 1. The Hall–Kier alpha value is -1.39. The predicted molar refractivity (Wildman–Crippen MR) is 61.0 cm³/mol. The molecule has 0 heterocycles. The molecule has 0 atom stereocenters. The molecule has 4 heteroatoms. The standard InChI is InChI=1S/C12H17NO3/c1-9(2)10-5-3-4-6-11(10)12(15)13-16-8-7-14/h3-6,9,14H,7-8H2,1-2H3,(H,13,15). The molecule has 1 amide bonds. The molecule has 0 unspecified atom stereocenters. The number of hydrogen-bond acceptors (Lipinski definition) is 3. The third kappa shape index (κ3) is 3.32. The van der Waals surface area contributed by atoms with Gasteiger partial charge in [-0.15, -0.1) is 0 Å². The van der Waals surface area contributed by atoms with Crippen molar-refractivity contribution in [2.24, 2.45) is 0 Å². The van der Waals surface area contributed by atoms with E-state index in [2.05, 4.69) is 5.48 Å². The molecule has 88 valence electrons. The van der Waals surface area contributed by atoms with E-state index in [9.17, 15) is 4.79 Å².